The fraction of sp³-hybridized carbons (Fsp3) is 0.417. The number of hydrogen-bond acceptors (Lipinski definition) is 3. The van der Waals surface area contributed by atoms with Crippen LogP contribution in [0, 0.1) is 0 Å². The van der Waals surface area contributed by atoms with Gasteiger partial charge in [-0.2, -0.15) is 0 Å². The SMILES string of the molecule is CCCOc1ccc(C(=O)OCC)cc1Br. The Morgan fingerprint density at radius 3 is 2.69 bits per heavy atom. The molecule has 4 heteroatoms. The van der Waals surface area contributed by atoms with Crippen molar-refractivity contribution in [3.63, 3.8) is 0 Å². The highest BCUT2D eigenvalue weighted by molar-refractivity contribution is 9.10. The summed E-state index contributed by atoms with van der Waals surface area (Å²) in [5.41, 5.74) is 0.526. The molecule has 1 aromatic carbocycles. The molecule has 0 heterocycles. The number of esters is 1. The lowest BCUT2D eigenvalue weighted by Crippen LogP contribution is -2.05. The van der Waals surface area contributed by atoms with E-state index in [-0.39, 0.29) is 5.97 Å². The molecule has 0 aromatic heterocycles. The van der Waals surface area contributed by atoms with E-state index in [1.807, 2.05) is 6.92 Å². The molecular formula is C12H15BrO3. The van der Waals surface area contributed by atoms with Crippen LogP contribution >= 0.6 is 15.9 Å². The first-order valence-corrected chi connectivity index (χ1v) is 6.07. The van der Waals surface area contributed by atoms with Gasteiger partial charge >= 0.3 is 5.97 Å². The van der Waals surface area contributed by atoms with Crippen molar-refractivity contribution in [1.82, 2.24) is 0 Å². The van der Waals surface area contributed by atoms with Crippen molar-refractivity contribution in [2.75, 3.05) is 13.2 Å². The Balaban J connectivity index is 2.78. The van der Waals surface area contributed by atoms with E-state index in [0.717, 1.165) is 16.6 Å². The van der Waals surface area contributed by atoms with Gasteiger partial charge in [-0.3, -0.25) is 0 Å². The summed E-state index contributed by atoms with van der Waals surface area (Å²) in [6, 6.07) is 5.18. The molecule has 0 fully saturated rings. The average molecular weight is 287 g/mol. The van der Waals surface area contributed by atoms with Crippen LogP contribution < -0.4 is 4.74 Å². The number of ether oxygens (including phenoxy) is 2. The second-order valence-electron chi connectivity index (χ2n) is 3.21. The summed E-state index contributed by atoms with van der Waals surface area (Å²) < 4.78 is 11.2. The van der Waals surface area contributed by atoms with Gasteiger partial charge in [0.2, 0.25) is 0 Å². The van der Waals surface area contributed by atoms with Gasteiger partial charge in [0.25, 0.3) is 0 Å². The summed E-state index contributed by atoms with van der Waals surface area (Å²) >= 11 is 3.36. The van der Waals surface area contributed by atoms with Gasteiger partial charge in [0.1, 0.15) is 5.75 Å². The third kappa shape index (κ3) is 3.52. The molecule has 16 heavy (non-hydrogen) atoms. The first-order valence-electron chi connectivity index (χ1n) is 5.28. The summed E-state index contributed by atoms with van der Waals surface area (Å²) in [4.78, 5) is 11.4. The Morgan fingerprint density at radius 2 is 2.12 bits per heavy atom. The van der Waals surface area contributed by atoms with Crippen LogP contribution in [-0.4, -0.2) is 19.2 Å². The molecule has 0 atom stereocenters. The zero-order valence-electron chi connectivity index (χ0n) is 9.46. The molecule has 0 unspecified atom stereocenters. The van der Waals surface area contributed by atoms with Crippen molar-refractivity contribution in [2.45, 2.75) is 20.3 Å². The van der Waals surface area contributed by atoms with Gasteiger partial charge in [0.05, 0.1) is 23.2 Å². The number of benzene rings is 1. The van der Waals surface area contributed by atoms with Crippen LogP contribution in [0.5, 0.6) is 5.75 Å². The van der Waals surface area contributed by atoms with Gasteiger partial charge in [-0.25, -0.2) is 4.79 Å². The van der Waals surface area contributed by atoms with E-state index in [1.165, 1.54) is 0 Å². The highest BCUT2D eigenvalue weighted by atomic mass is 79.9. The molecule has 0 aliphatic carbocycles. The topological polar surface area (TPSA) is 35.5 Å². The van der Waals surface area contributed by atoms with E-state index in [0.29, 0.717) is 18.8 Å². The number of hydrogen-bond donors (Lipinski definition) is 0. The molecule has 0 N–H and O–H groups in total. The fourth-order valence-corrected chi connectivity index (χ4v) is 1.66. The molecule has 0 aliphatic rings. The number of carbonyl (C=O) groups is 1. The molecule has 1 aromatic rings. The molecule has 88 valence electrons. The lowest BCUT2D eigenvalue weighted by molar-refractivity contribution is 0.0526. The summed E-state index contributed by atoms with van der Waals surface area (Å²) in [6.07, 6.45) is 0.950. The third-order valence-electron chi connectivity index (χ3n) is 1.90. The molecule has 0 aliphatic heterocycles. The second kappa shape index (κ2) is 6.53. The summed E-state index contributed by atoms with van der Waals surface area (Å²) in [7, 11) is 0. The summed E-state index contributed by atoms with van der Waals surface area (Å²) in [5.74, 6) is 0.431. The highest BCUT2D eigenvalue weighted by Gasteiger charge is 2.09. The van der Waals surface area contributed by atoms with Gasteiger partial charge in [-0.15, -0.1) is 0 Å². The Kier molecular flexibility index (Phi) is 5.32. The zero-order chi connectivity index (χ0) is 12.0. The number of halogens is 1. The van der Waals surface area contributed by atoms with Crippen molar-refractivity contribution in [3.8, 4) is 5.75 Å². The highest BCUT2D eigenvalue weighted by Crippen LogP contribution is 2.26. The maximum Gasteiger partial charge on any atom is 0.338 e. The molecule has 0 amide bonds. The van der Waals surface area contributed by atoms with Gasteiger partial charge in [-0.1, -0.05) is 6.92 Å². The van der Waals surface area contributed by atoms with Crippen LogP contribution in [0.4, 0.5) is 0 Å². The van der Waals surface area contributed by atoms with E-state index in [1.54, 1.807) is 25.1 Å². The minimum Gasteiger partial charge on any atom is -0.492 e. The van der Waals surface area contributed by atoms with Crippen molar-refractivity contribution in [3.05, 3.63) is 28.2 Å². The van der Waals surface area contributed by atoms with Gasteiger partial charge in [-0.05, 0) is 47.5 Å². The largest absolute Gasteiger partial charge is 0.492 e. The lowest BCUT2D eigenvalue weighted by atomic mass is 10.2. The molecule has 0 spiro atoms. The van der Waals surface area contributed by atoms with E-state index in [9.17, 15) is 4.79 Å². The van der Waals surface area contributed by atoms with Crippen LogP contribution in [-0.2, 0) is 4.74 Å². The predicted molar refractivity (Wildman–Crippen MR) is 65.9 cm³/mol. The Morgan fingerprint density at radius 1 is 1.38 bits per heavy atom. The molecule has 0 radical (unpaired) electrons. The lowest BCUT2D eigenvalue weighted by Gasteiger charge is -2.08. The van der Waals surface area contributed by atoms with Crippen LogP contribution in [0.1, 0.15) is 30.6 Å². The maximum absolute atomic E-state index is 11.4. The zero-order valence-corrected chi connectivity index (χ0v) is 11.0. The Bertz CT molecular complexity index is 363. The van der Waals surface area contributed by atoms with Crippen LogP contribution in [0.3, 0.4) is 0 Å². The monoisotopic (exact) mass is 286 g/mol. The normalized spacial score (nSPS) is 9.94. The second-order valence-corrected chi connectivity index (χ2v) is 4.07. The molecule has 3 nitrogen and oxygen atoms in total. The minimum atomic E-state index is -0.315. The molecular weight excluding hydrogens is 272 g/mol. The van der Waals surface area contributed by atoms with Gasteiger partial charge in [0, 0.05) is 0 Å². The third-order valence-corrected chi connectivity index (χ3v) is 2.52. The van der Waals surface area contributed by atoms with E-state index in [2.05, 4.69) is 15.9 Å². The first-order chi connectivity index (χ1) is 7.69. The van der Waals surface area contributed by atoms with Gasteiger partial charge < -0.3 is 9.47 Å². The predicted octanol–water partition coefficient (Wildman–Crippen LogP) is 3.41. The molecule has 0 saturated carbocycles. The number of rotatable bonds is 5. The summed E-state index contributed by atoms with van der Waals surface area (Å²) in [5, 5.41) is 0. The van der Waals surface area contributed by atoms with Gasteiger partial charge in [0.15, 0.2) is 0 Å². The van der Waals surface area contributed by atoms with Crippen LogP contribution in [0.25, 0.3) is 0 Å². The molecule has 0 bridgehead atoms. The van der Waals surface area contributed by atoms with Crippen molar-refractivity contribution in [1.29, 1.82) is 0 Å². The summed E-state index contributed by atoms with van der Waals surface area (Å²) in [6.45, 7) is 4.87. The van der Waals surface area contributed by atoms with E-state index in [4.69, 9.17) is 9.47 Å². The quantitative estimate of drug-likeness (QED) is 0.778. The standard InChI is InChI=1S/C12H15BrO3/c1-3-7-16-11-6-5-9(8-10(11)13)12(14)15-4-2/h5-6,8H,3-4,7H2,1-2H3. The van der Waals surface area contributed by atoms with E-state index >= 15 is 0 Å². The van der Waals surface area contributed by atoms with Crippen molar-refractivity contribution >= 4 is 21.9 Å². The maximum atomic E-state index is 11.4. The first kappa shape index (κ1) is 13.0. The van der Waals surface area contributed by atoms with Crippen molar-refractivity contribution in [2.24, 2.45) is 0 Å². The molecule has 1 rings (SSSR count). The average Bonchev–Trinajstić information content (AvgIpc) is 2.27. The van der Waals surface area contributed by atoms with Crippen LogP contribution in [0.15, 0.2) is 22.7 Å². The van der Waals surface area contributed by atoms with Crippen LogP contribution in [0.2, 0.25) is 0 Å². The Labute approximate surface area is 104 Å². The van der Waals surface area contributed by atoms with Crippen molar-refractivity contribution < 1.29 is 14.3 Å². The minimum absolute atomic E-state index is 0.315. The van der Waals surface area contributed by atoms with E-state index < -0.39 is 0 Å². The smallest absolute Gasteiger partial charge is 0.338 e. The Hall–Kier alpha value is -1.03. The fourth-order valence-electron chi connectivity index (χ4n) is 1.17. The molecule has 0 saturated heterocycles. The number of carbonyl (C=O) groups excluding carboxylic acids is 1.